The SMILES string of the molecule is CCC(N)C(SC)c1ccncc1. The fourth-order valence-electron chi connectivity index (χ4n) is 1.33. The highest BCUT2D eigenvalue weighted by Crippen LogP contribution is 2.29. The van der Waals surface area contributed by atoms with Crippen molar-refractivity contribution in [1.29, 1.82) is 0 Å². The van der Waals surface area contributed by atoms with Gasteiger partial charge in [0.05, 0.1) is 0 Å². The van der Waals surface area contributed by atoms with Gasteiger partial charge in [0.2, 0.25) is 0 Å². The van der Waals surface area contributed by atoms with E-state index in [1.165, 1.54) is 5.56 Å². The first-order valence-electron chi connectivity index (χ1n) is 4.48. The van der Waals surface area contributed by atoms with E-state index in [-0.39, 0.29) is 6.04 Å². The number of hydrogen-bond donors (Lipinski definition) is 1. The Balaban J connectivity index is 2.78. The second-order valence-electron chi connectivity index (χ2n) is 3.01. The second kappa shape index (κ2) is 5.25. The van der Waals surface area contributed by atoms with Crippen LogP contribution < -0.4 is 5.73 Å². The summed E-state index contributed by atoms with van der Waals surface area (Å²) in [6.07, 6.45) is 6.75. The topological polar surface area (TPSA) is 38.9 Å². The van der Waals surface area contributed by atoms with Gasteiger partial charge in [-0.2, -0.15) is 11.8 Å². The van der Waals surface area contributed by atoms with Gasteiger partial charge in [-0.1, -0.05) is 6.92 Å². The van der Waals surface area contributed by atoms with Crippen molar-refractivity contribution in [2.45, 2.75) is 24.6 Å². The zero-order valence-corrected chi connectivity index (χ0v) is 8.92. The molecule has 1 aromatic heterocycles. The lowest BCUT2D eigenvalue weighted by Crippen LogP contribution is -2.25. The van der Waals surface area contributed by atoms with Crippen molar-refractivity contribution in [3.63, 3.8) is 0 Å². The zero-order valence-electron chi connectivity index (χ0n) is 8.10. The monoisotopic (exact) mass is 196 g/mol. The molecule has 0 radical (unpaired) electrons. The highest BCUT2D eigenvalue weighted by molar-refractivity contribution is 7.98. The molecule has 3 heteroatoms. The van der Waals surface area contributed by atoms with Crippen LogP contribution >= 0.6 is 11.8 Å². The molecule has 0 bridgehead atoms. The number of aromatic nitrogens is 1. The number of thioether (sulfide) groups is 1. The Kier molecular flexibility index (Phi) is 4.25. The Hall–Kier alpha value is -0.540. The van der Waals surface area contributed by atoms with E-state index in [2.05, 4.69) is 18.2 Å². The molecule has 1 heterocycles. The van der Waals surface area contributed by atoms with Crippen LogP contribution in [0.25, 0.3) is 0 Å². The van der Waals surface area contributed by atoms with E-state index in [0.717, 1.165) is 6.42 Å². The molecule has 0 aliphatic heterocycles. The van der Waals surface area contributed by atoms with Crippen LogP contribution in [0, 0.1) is 0 Å². The summed E-state index contributed by atoms with van der Waals surface area (Å²) in [6.45, 7) is 2.12. The highest BCUT2D eigenvalue weighted by Gasteiger charge is 2.16. The third-order valence-electron chi connectivity index (χ3n) is 2.15. The van der Waals surface area contributed by atoms with Gasteiger partial charge < -0.3 is 5.73 Å². The van der Waals surface area contributed by atoms with Crippen LogP contribution in [-0.4, -0.2) is 17.3 Å². The fraction of sp³-hybridized carbons (Fsp3) is 0.500. The van der Waals surface area contributed by atoms with E-state index in [1.54, 1.807) is 11.8 Å². The fourth-order valence-corrected chi connectivity index (χ4v) is 2.30. The van der Waals surface area contributed by atoms with E-state index < -0.39 is 0 Å². The van der Waals surface area contributed by atoms with Crippen LogP contribution in [0.1, 0.15) is 24.2 Å². The molecule has 0 amide bonds. The van der Waals surface area contributed by atoms with E-state index >= 15 is 0 Å². The molecule has 2 unspecified atom stereocenters. The van der Waals surface area contributed by atoms with Crippen LogP contribution in [-0.2, 0) is 0 Å². The second-order valence-corrected chi connectivity index (χ2v) is 3.99. The summed E-state index contributed by atoms with van der Waals surface area (Å²) < 4.78 is 0. The van der Waals surface area contributed by atoms with Crippen molar-refractivity contribution in [2.24, 2.45) is 5.73 Å². The van der Waals surface area contributed by atoms with E-state index in [0.29, 0.717) is 5.25 Å². The summed E-state index contributed by atoms with van der Waals surface area (Å²) in [5.41, 5.74) is 7.29. The van der Waals surface area contributed by atoms with Crippen LogP contribution in [0.5, 0.6) is 0 Å². The molecule has 1 aromatic rings. The first-order valence-corrected chi connectivity index (χ1v) is 5.76. The number of rotatable bonds is 4. The first-order chi connectivity index (χ1) is 6.29. The van der Waals surface area contributed by atoms with Crippen LogP contribution in [0.4, 0.5) is 0 Å². The maximum Gasteiger partial charge on any atom is 0.0446 e. The summed E-state index contributed by atoms with van der Waals surface area (Å²) in [7, 11) is 0. The lowest BCUT2D eigenvalue weighted by Gasteiger charge is -2.20. The van der Waals surface area contributed by atoms with Gasteiger partial charge in [0.1, 0.15) is 0 Å². The molecule has 0 fully saturated rings. The Bertz CT molecular complexity index is 238. The average Bonchev–Trinajstić information content (AvgIpc) is 2.20. The van der Waals surface area contributed by atoms with Crippen molar-refractivity contribution >= 4 is 11.8 Å². The summed E-state index contributed by atoms with van der Waals surface area (Å²) in [4.78, 5) is 4.00. The lowest BCUT2D eigenvalue weighted by molar-refractivity contribution is 0.634. The third-order valence-corrected chi connectivity index (χ3v) is 3.28. The quantitative estimate of drug-likeness (QED) is 0.802. The van der Waals surface area contributed by atoms with Gasteiger partial charge in [0.15, 0.2) is 0 Å². The minimum absolute atomic E-state index is 0.234. The first kappa shape index (κ1) is 10.5. The Morgan fingerprint density at radius 1 is 1.46 bits per heavy atom. The largest absolute Gasteiger partial charge is 0.326 e. The van der Waals surface area contributed by atoms with Crippen LogP contribution in [0.2, 0.25) is 0 Å². The normalized spacial score (nSPS) is 15.3. The number of nitrogens with zero attached hydrogens (tertiary/aromatic N) is 1. The highest BCUT2D eigenvalue weighted by atomic mass is 32.2. The van der Waals surface area contributed by atoms with Crippen molar-refractivity contribution in [1.82, 2.24) is 4.98 Å². The molecule has 2 N–H and O–H groups in total. The zero-order chi connectivity index (χ0) is 9.68. The molecule has 13 heavy (non-hydrogen) atoms. The molecule has 2 atom stereocenters. The summed E-state index contributed by atoms with van der Waals surface area (Å²) >= 11 is 1.80. The predicted octanol–water partition coefficient (Wildman–Crippen LogP) is 2.22. The summed E-state index contributed by atoms with van der Waals surface area (Å²) in [6, 6.07) is 4.31. The van der Waals surface area contributed by atoms with Gasteiger partial charge in [-0.3, -0.25) is 4.98 Å². The number of nitrogens with two attached hydrogens (primary N) is 1. The third kappa shape index (κ3) is 2.71. The van der Waals surface area contributed by atoms with Crippen molar-refractivity contribution in [3.05, 3.63) is 30.1 Å². The van der Waals surface area contributed by atoms with Gasteiger partial charge in [-0.25, -0.2) is 0 Å². The van der Waals surface area contributed by atoms with E-state index in [4.69, 9.17) is 5.73 Å². The molecular formula is C10H16N2S. The smallest absolute Gasteiger partial charge is 0.0446 e. The van der Waals surface area contributed by atoms with Gasteiger partial charge in [0.25, 0.3) is 0 Å². The van der Waals surface area contributed by atoms with E-state index in [1.807, 2.05) is 24.5 Å². The van der Waals surface area contributed by atoms with Crippen LogP contribution in [0.3, 0.4) is 0 Å². The lowest BCUT2D eigenvalue weighted by atomic mass is 10.1. The molecule has 72 valence electrons. The van der Waals surface area contributed by atoms with Crippen molar-refractivity contribution in [2.75, 3.05) is 6.26 Å². The molecule has 1 rings (SSSR count). The number of pyridine rings is 1. The molecule has 0 aliphatic carbocycles. The molecule has 2 nitrogen and oxygen atoms in total. The van der Waals surface area contributed by atoms with Crippen molar-refractivity contribution < 1.29 is 0 Å². The molecule has 0 saturated heterocycles. The minimum Gasteiger partial charge on any atom is -0.326 e. The van der Waals surface area contributed by atoms with E-state index in [9.17, 15) is 0 Å². The maximum absolute atomic E-state index is 6.02. The number of hydrogen-bond acceptors (Lipinski definition) is 3. The Labute approximate surface area is 83.9 Å². The standard InChI is InChI=1S/C10H16N2S/c1-3-9(11)10(13-2)8-4-6-12-7-5-8/h4-7,9-10H,3,11H2,1-2H3. The Morgan fingerprint density at radius 2 is 2.08 bits per heavy atom. The molecule has 0 aliphatic rings. The molecular weight excluding hydrogens is 180 g/mol. The predicted molar refractivity (Wildman–Crippen MR) is 58.8 cm³/mol. The van der Waals surface area contributed by atoms with Crippen molar-refractivity contribution in [3.8, 4) is 0 Å². The summed E-state index contributed by atoms with van der Waals surface area (Å²) in [5, 5.41) is 0.396. The average molecular weight is 196 g/mol. The molecule has 0 spiro atoms. The van der Waals surface area contributed by atoms with Gasteiger partial charge in [-0.15, -0.1) is 0 Å². The molecule has 0 saturated carbocycles. The maximum atomic E-state index is 6.02. The Morgan fingerprint density at radius 3 is 2.54 bits per heavy atom. The molecule has 0 aromatic carbocycles. The van der Waals surface area contributed by atoms with Gasteiger partial charge >= 0.3 is 0 Å². The minimum atomic E-state index is 0.234. The van der Waals surface area contributed by atoms with Gasteiger partial charge in [-0.05, 0) is 30.4 Å². The van der Waals surface area contributed by atoms with Crippen LogP contribution in [0.15, 0.2) is 24.5 Å². The van der Waals surface area contributed by atoms with Gasteiger partial charge in [0, 0.05) is 23.7 Å². The summed E-state index contributed by atoms with van der Waals surface area (Å²) in [5.74, 6) is 0.